The van der Waals surface area contributed by atoms with Crippen molar-refractivity contribution in [1.82, 2.24) is 5.32 Å². The fraction of sp³-hybridized carbons (Fsp3) is 0.167. The summed E-state index contributed by atoms with van der Waals surface area (Å²) in [4.78, 5) is 27.0. The second-order valence-electron chi connectivity index (χ2n) is 6.57. The summed E-state index contributed by atoms with van der Waals surface area (Å²) in [7, 11) is 1.59. The first-order valence-corrected chi connectivity index (χ1v) is 9.45. The number of nitrogens with zero attached hydrogens (tertiary/aromatic N) is 1. The van der Waals surface area contributed by atoms with Gasteiger partial charge in [0, 0.05) is 17.8 Å². The molecule has 0 radical (unpaired) electrons. The maximum atomic E-state index is 12.9. The van der Waals surface area contributed by atoms with Gasteiger partial charge >= 0.3 is 0 Å². The molecular weight excluding hydrogens is 364 g/mol. The van der Waals surface area contributed by atoms with Crippen molar-refractivity contribution in [3.05, 3.63) is 96.1 Å². The minimum atomic E-state index is -0.324. The number of methoxy groups -OCH3 is 1. The third kappa shape index (κ3) is 5.69. The normalized spacial score (nSPS) is 10.2. The van der Waals surface area contributed by atoms with Crippen molar-refractivity contribution in [2.45, 2.75) is 19.5 Å². The van der Waals surface area contributed by atoms with E-state index in [0.29, 0.717) is 18.8 Å². The van der Waals surface area contributed by atoms with Crippen molar-refractivity contribution in [1.29, 1.82) is 0 Å². The van der Waals surface area contributed by atoms with Crippen LogP contribution in [0.4, 0.5) is 5.69 Å². The Morgan fingerprint density at radius 1 is 0.862 bits per heavy atom. The van der Waals surface area contributed by atoms with Gasteiger partial charge in [0.2, 0.25) is 11.8 Å². The summed E-state index contributed by atoms with van der Waals surface area (Å²) >= 11 is 0. The number of carbonyl (C=O) groups excluding carboxylic acids is 2. The van der Waals surface area contributed by atoms with Crippen LogP contribution in [0.25, 0.3) is 0 Å². The highest BCUT2D eigenvalue weighted by atomic mass is 16.5. The van der Waals surface area contributed by atoms with Gasteiger partial charge in [-0.25, -0.2) is 0 Å². The average Bonchev–Trinajstić information content (AvgIpc) is 2.77. The van der Waals surface area contributed by atoms with Crippen LogP contribution in [0.1, 0.15) is 17.5 Å². The smallest absolute Gasteiger partial charge is 0.236 e. The standard InChI is InChI=1S/C24H24N2O3/c1-29-22-15-9-8-12-20(22)17-25-23(27)16-24(28)26(21-13-6-3-7-14-21)18-19-10-4-2-5-11-19/h2-15H,16-18H2,1H3,(H,25,27). The monoisotopic (exact) mass is 388 g/mol. The molecule has 0 saturated heterocycles. The molecule has 2 amide bonds. The van der Waals surface area contributed by atoms with E-state index in [4.69, 9.17) is 4.74 Å². The average molecular weight is 388 g/mol. The number of carbonyl (C=O) groups is 2. The Bertz CT molecular complexity index is 943. The van der Waals surface area contributed by atoms with E-state index in [2.05, 4.69) is 5.32 Å². The van der Waals surface area contributed by atoms with E-state index in [1.807, 2.05) is 84.9 Å². The molecule has 0 spiro atoms. The minimum Gasteiger partial charge on any atom is -0.496 e. The minimum absolute atomic E-state index is 0.225. The summed E-state index contributed by atoms with van der Waals surface area (Å²) in [5.41, 5.74) is 2.62. The van der Waals surface area contributed by atoms with Gasteiger partial charge in [-0.1, -0.05) is 66.7 Å². The molecular formula is C24H24N2O3. The predicted octanol–water partition coefficient (Wildman–Crippen LogP) is 3.93. The molecule has 3 aromatic carbocycles. The molecule has 0 unspecified atom stereocenters. The molecule has 0 bridgehead atoms. The van der Waals surface area contributed by atoms with E-state index in [1.54, 1.807) is 12.0 Å². The quantitative estimate of drug-likeness (QED) is 0.595. The maximum Gasteiger partial charge on any atom is 0.236 e. The molecule has 5 nitrogen and oxygen atoms in total. The Balaban J connectivity index is 1.66. The highest BCUT2D eigenvalue weighted by molar-refractivity contribution is 6.04. The van der Waals surface area contributed by atoms with Gasteiger partial charge in [0.15, 0.2) is 0 Å². The number of nitrogens with one attached hydrogen (secondary N) is 1. The van der Waals surface area contributed by atoms with E-state index in [-0.39, 0.29) is 18.2 Å². The zero-order valence-electron chi connectivity index (χ0n) is 16.4. The zero-order valence-corrected chi connectivity index (χ0v) is 16.4. The fourth-order valence-electron chi connectivity index (χ4n) is 3.04. The van der Waals surface area contributed by atoms with Crippen LogP contribution in [-0.4, -0.2) is 18.9 Å². The van der Waals surface area contributed by atoms with Crippen LogP contribution < -0.4 is 15.0 Å². The first-order valence-electron chi connectivity index (χ1n) is 9.45. The van der Waals surface area contributed by atoms with E-state index < -0.39 is 0 Å². The molecule has 29 heavy (non-hydrogen) atoms. The summed E-state index contributed by atoms with van der Waals surface area (Å²) in [6.07, 6.45) is -0.225. The predicted molar refractivity (Wildman–Crippen MR) is 114 cm³/mol. The van der Waals surface area contributed by atoms with Gasteiger partial charge in [0.1, 0.15) is 12.2 Å². The Morgan fingerprint density at radius 3 is 2.17 bits per heavy atom. The molecule has 148 valence electrons. The van der Waals surface area contributed by atoms with Crippen molar-refractivity contribution in [3.8, 4) is 5.75 Å². The number of anilines is 1. The lowest BCUT2D eigenvalue weighted by Gasteiger charge is -2.23. The molecule has 1 N–H and O–H groups in total. The summed E-state index contributed by atoms with van der Waals surface area (Å²) < 4.78 is 5.29. The van der Waals surface area contributed by atoms with E-state index in [0.717, 1.165) is 16.8 Å². The summed E-state index contributed by atoms with van der Waals surface area (Å²) in [6.45, 7) is 0.712. The first kappa shape index (κ1) is 20.1. The number of amides is 2. The molecule has 0 heterocycles. The molecule has 0 aliphatic heterocycles. The lowest BCUT2D eigenvalue weighted by molar-refractivity contribution is -0.128. The van der Waals surface area contributed by atoms with Crippen molar-refractivity contribution in [3.63, 3.8) is 0 Å². The molecule has 0 atom stereocenters. The fourth-order valence-corrected chi connectivity index (χ4v) is 3.04. The van der Waals surface area contributed by atoms with Gasteiger partial charge in [-0.15, -0.1) is 0 Å². The number of benzene rings is 3. The Kier molecular flexibility index (Phi) is 7.00. The van der Waals surface area contributed by atoms with E-state index >= 15 is 0 Å². The highest BCUT2D eigenvalue weighted by Crippen LogP contribution is 2.19. The van der Waals surface area contributed by atoms with E-state index in [9.17, 15) is 9.59 Å². The lowest BCUT2D eigenvalue weighted by atomic mass is 10.1. The van der Waals surface area contributed by atoms with Gasteiger partial charge < -0.3 is 15.0 Å². The van der Waals surface area contributed by atoms with Crippen molar-refractivity contribution >= 4 is 17.5 Å². The molecule has 0 aliphatic rings. The number of rotatable bonds is 8. The largest absolute Gasteiger partial charge is 0.496 e. The maximum absolute atomic E-state index is 12.9. The number of hydrogen-bond donors (Lipinski definition) is 1. The van der Waals surface area contributed by atoms with Crippen LogP contribution in [0, 0.1) is 0 Å². The van der Waals surface area contributed by atoms with Gasteiger partial charge in [-0.2, -0.15) is 0 Å². The summed E-state index contributed by atoms with van der Waals surface area (Å²) in [6, 6.07) is 26.6. The van der Waals surface area contributed by atoms with Crippen LogP contribution in [0.2, 0.25) is 0 Å². The Labute approximate surface area is 170 Å². The van der Waals surface area contributed by atoms with Crippen molar-refractivity contribution in [2.75, 3.05) is 12.0 Å². The third-order valence-corrected chi connectivity index (χ3v) is 4.53. The summed E-state index contributed by atoms with van der Waals surface area (Å²) in [5.74, 6) is 0.126. The molecule has 0 aromatic heterocycles. The molecule has 3 aromatic rings. The van der Waals surface area contributed by atoms with Gasteiger partial charge in [0.05, 0.1) is 13.7 Å². The van der Waals surface area contributed by atoms with Gasteiger partial charge in [0.25, 0.3) is 0 Å². The van der Waals surface area contributed by atoms with Gasteiger partial charge in [-0.3, -0.25) is 9.59 Å². The molecule has 0 aliphatic carbocycles. The second-order valence-corrected chi connectivity index (χ2v) is 6.57. The van der Waals surface area contributed by atoms with Crippen LogP contribution in [0.15, 0.2) is 84.9 Å². The van der Waals surface area contributed by atoms with Crippen molar-refractivity contribution in [2.24, 2.45) is 0 Å². The molecule has 0 fully saturated rings. The topological polar surface area (TPSA) is 58.6 Å². The first-order chi connectivity index (χ1) is 14.2. The summed E-state index contributed by atoms with van der Waals surface area (Å²) in [5, 5.41) is 2.81. The SMILES string of the molecule is COc1ccccc1CNC(=O)CC(=O)N(Cc1ccccc1)c1ccccc1. The van der Waals surface area contributed by atoms with E-state index in [1.165, 1.54) is 0 Å². The number of ether oxygens (including phenoxy) is 1. The highest BCUT2D eigenvalue weighted by Gasteiger charge is 2.19. The second kappa shape index (κ2) is 10.1. The third-order valence-electron chi connectivity index (χ3n) is 4.53. The lowest BCUT2D eigenvalue weighted by Crippen LogP contribution is -2.35. The van der Waals surface area contributed by atoms with Crippen LogP contribution >= 0.6 is 0 Å². The molecule has 0 saturated carbocycles. The number of hydrogen-bond acceptors (Lipinski definition) is 3. The Hall–Kier alpha value is -3.60. The van der Waals surface area contributed by atoms with Crippen LogP contribution in [-0.2, 0) is 22.7 Å². The van der Waals surface area contributed by atoms with Gasteiger partial charge in [-0.05, 0) is 23.8 Å². The van der Waals surface area contributed by atoms with Crippen molar-refractivity contribution < 1.29 is 14.3 Å². The molecule has 5 heteroatoms. The van der Waals surface area contributed by atoms with Crippen LogP contribution in [0.5, 0.6) is 5.75 Å². The zero-order chi connectivity index (χ0) is 20.5. The Morgan fingerprint density at radius 2 is 1.48 bits per heavy atom. The molecule has 3 rings (SSSR count). The number of para-hydroxylation sites is 2. The van der Waals surface area contributed by atoms with Crippen LogP contribution in [0.3, 0.4) is 0 Å².